The van der Waals surface area contributed by atoms with E-state index in [1.54, 1.807) is 0 Å². The van der Waals surface area contributed by atoms with Gasteiger partial charge in [0.1, 0.15) is 11.6 Å². The SMILES string of the molecule is CCCCCCCCCCCCOC(c1nccn1C)c1nccn1C. The molecule has 26 heavy (non-hydrogen) atoms. The molecule has 0 unspecified atom stereocenters. The maximum Gasteiger partial charge on any atom is 0.173 e. The molecule has 0 atom stereocenters. The van der Waals surface area contributed by atoms with E-state index in [4.69, 9.17) is 4.74 Å². The average Bonchev–Trinajstić information content (AvgIpc) is 3.25. The normalized spacial score (nSPS) is 11.5. The number of nitrogens with zero attached hydrogens (tertiary/aromatic N) is 4. The van der Waals surface area contributed by atoms with Crippen LogP contribution < -0.4 is 0 Å². The minimum atomic E-state index is -0.200. The Labute approximate surface area is 158 Å². The molecule has 2 aromatic rings. The predicted octanol–water partition coefficient (Wildman–Crippen LogP) is 5.18. The van der Waals surface area contributed by atoms with E-state index in [9.17, 15) is 0 Å². The summed E-state index contributed by atoms with van der Waals surface area (Å²) < 4.78 is 10.2. The monoisotopic (exact) mass is 360 g/mol. The number of unbranched alkanes of at least 4 members (excludes halogenated alkanes) is 9. The molecule has 5 nitrogen and oxygen atoms in total. The van der Waals surface area contributed by atoms with Gasteiger partial charge in [0.15, 0.2) is 6.10 Å². The van der Waals surface area contributed by atoms with Crippen LogP contribution in [-0.4, -0.2) is 25.7 Å². The molecule has 0 aliphatic carbocycles. The van der Waals surface area contributed by atoms with Crippen molar-refractivity contribution < 1.29 is 4.74 Å². The molecule has 146 valence electrons. The molecule has 0 amide bonds. The lowest BCUT2D eigenvalue weighted by atomic mass is 10.1. The number of aromatic nitrogens is 4. The van der Waals surface area contributed by atoms with Crippen LogP contribution in [0.15, 0.2) is 24.8 Å². The Morgan fingerprint density at radius 2 is 1.23 bits per heavy atom. The Hall–Kier alpha value is -1.62. The van der Waals surface area contributed by atoms with Gasteiger partial charge in [0, 0.05) is 45.5 Å². The highest BCUT2D eigenvalue weighted by atomic mass is 16.5. The molecule has 0 fully saturated rings. The number of hydrogen-bond donors (Lipinski definition) is 0. The fourth-order valence-electron chi connectivity index (χ4n) is 3.31. The summed E-state index contributed by atoms with van der Waals surface area (Å²) in [5.74, 6) is 1.82. The van der Waals surface area contributed by atoms with E-state index in [0.29, 0.717) is 0 Å². The predicted molar refractivity (Wildman–Crippen MR) is 106 cm³/mol. The first-order chi connectivity index (χ1) is 12.7. The van der Waals surface area contributed by atoms with E-state index in [-0.39, 0.29) is 6.10 Å². The number of hydrogen-bond acceptors (Lipinski definition) is 3. The minimum absolute atomic E-state index is 0.200. The lowest BCUT2D eigenvalue weighted by Gasteiger charge is -2.17. The van der Waals surface area contributed by atoms with E-state index in [1.165, 1.54) is 57.8 Å². The second-order valence-electron chi connectivity index (χ2n) is 7.23. The molecule has 0 spiro atoms. The Morgan fingerprint density at radius 1 is 0.769 bits per heavy atom. The number of aryl methyl sites for hydroxylation is 2. The van der Waals surface area contributed by atoms with Crippen LogP contribution in [0.2, 0.25) is 0 Å². The van der Waals surface area contributed by atoms with Gasteiger partial charge in [0.2, 0.25) is 0 Å². The quantitative estimate of drug-likeness (QED) is 0.436. The Bertz CT molecular complexity index is 564. The lowest BCUT2D eigenvalue weighted by molar-refractivity contribution is 0.0619. The molecule has 0 radical (unpaired) electrons. The third-order valence-electron chi connectivity index (χ3n) is 4.97. The Kier molecular flexibility index (Phi) is 9.46. The van der Waals surface area contributed by atoms with Crippen LogP contribution in [0.25, 0.3) is 0 Å². The summed E-state index contributed by atoms with van der Waals surface area (Å²) in [5.41, 5.74) is 0. The topological polar surface area (TPSA) is 44.9 Å². The van der Waals surface area contributed by atoms with Crippen LogP contribution in [-0.2, 0) is 18.8 Å². The maximum atomic E-state index is 6.20. The third-order valence-corrected chi connectivity index (χ3v) is 4.97. The number of imidazole rings is 2. The maximum absolute atomic E-state index is 6.20. The molecule has 5 heteroatoms. The van der Waals surface area contributed by atoms with E-state index in [1.807, 2.05) is 48.0 Å². The molecule has 0 aliphatic heterocycles. The van der Waals surface area contributed by atoms with E-state index < -0.39 is 0 Å². The second kappa shape index (κ2) is 11.9. The molecule has 2 rings (SSSR count). The Balaban J connectivity index is 1.66. The van der Waals surface area contributed by atoms with Crippen LogP contribution in [0.4, 0.5) is 0 Å². The van der Waals surface area contributed by atoms with Crippen molar-refractivity contribution in [2.75, 3.05) is 6.61 Å². The first-order valence-electron chi connectivity index (χ1n) is 10.3. The Morgan fingerprint density at radius 3 is 1.65 bits per heavy atom. The molecule has 0 aromatic carbocycles. The van der Waals surface area contributed by atoms with Gasteiger partial charge in [-0.1, -0.05) is 64.7 Å². The van der Waals surface area contributed by atoms with Crippen molar-refractivity contribution in [2.45, 2.75) is 77.2 Å². The summed E-state index contributed by atoms with van der Waals surface area (Å²) in [4.78, 5) is 8.94. The van der Waals surface area contributed by atoms with Crippen LogP contribution >= 0.6 is 0 Å². The zero-order chi connectivity index (χ0) is 18.6. The molecule has 0 N–H and O–H groups in total. The number of rotatable bonds is 14. The van der Waals surface area contributed by atoms with Crippen LogP contribution in [0.1, 0.15) is 88.9 Å². The first kappa shape index (κ1) is 20.7. The van der Waals surface area contributed by atoms with Gasteiger partial charge in [0.05, 0.1) is 0 Å². The smallest absolute Gasteiger partial charge is 0.173 e. The van der Waals surface area contributed by atoms with Gasteiger partial charge in [-0.25, -0.2) is 9.97 Å². The molecular formula is C21H36N4O. The summed E-state index contributed by atoms with van der Waals surface area (Å²) in [5, 5.41) is 0. The summed E-state index contributed by atoms with van der Waals surface area (Å²) in [6.45, 7) is 3.02. The fourth-order valence-corrected chi connectivity index (χ4v) is 3.31. The van der Waals surface area contributed by atoms with Gasteiger partial charge in [0.25, 0.3) is 0 Å². The highest BCUT2D eigenvalue weighted by molar-refractivity contribution is 5.10. The lowest BCUT2D eigenvalue weighted by Crippen LogP contribution is -2.16. The minimum Gasteiger partial charge on any atom is -0.362 e. The van der Waals surface area contributed by atoms with Gasteiger partial charge >= 0.3 is 0 Å². The highest BCUT2D eigenvalue weighted by Crippen LogP contribution is 2.23. The van der Waals surface area contributed by atoms with Crippen LogP contribution in [0.5, 0.6) is 0 Å². The van der Waals surface area contributed by atoms with Crippen molar-refractivity contribution in [3.63, 3.8) is 0 Å². The summed E-state index contributed by atoms with van der Waals surface area (Å²) >= 11 is 0. The molecule has 2 heterocycles. The van der Waals surface area contributed by atoms with Crippen LogP contribution in [0, 0.1) is 0 Å². The van der Waals surface area contributed by atoms with Gasteiger partial charge in [-0.05, 0) is 6.42 Å². The van der Waals surface area contributed by atoms with Crippen molar-refractivity contribution in [3.8, 4) is 0 Å². The molecule has 0 saturated heterocycles. The van der Waals surface area contributed by atoms with Crippen molar-refractivity contribution >= 4 is 0 Å². The zero-order valence-corrected chi connectivity index (χ0v) is 16.9. The fraction of sp³-hybridized carbons (Fsp3) is 0.714. The van der Waals surface area contributed by atoms with Gasteiger partial charge in [-0.3, -0.25) is 0 Å². The van der Waals surface area contributed by atoms with E-state index in [2.05, 4.69) is 16.9 Å². The number of ether oxygens (including phenoxy) is 1. The molecule has 0 aliphatic rings. The standard InChI is InChI=1S/C21H36N4O/c1-4-5-6-7-8-9-10-11-12-13-18-26-19(20-22-14-16-24(20)2)21-23-15-17-25(21)3/h14-17,19H,4-13,18H2,1-3H3. The molecule has 2 aromatic heterocycles. The molecular weight excluding hydrogens is 324 g/mol. The molecule has 0 saturated carbocycles. The van der Waals surface area contributed by atoms with Crippen LogP contribution in [0.3, 0.4) is 0 Å². The van der Waals surface area contributed by atoms with Crippen molar-refractivity contribution in [1.29, 1.82) is 0 Å². The average molecular weight is 361 g/mol. The van der Waals surface area contributed by atoms with Gasteiger partial charge in [-0.2, -0.15) is 0 Å². The van der Waals surface area contributed by atoms with Gasteiger partial charge in [-0.15, -0.1) is 0 Å². The molecule has 0 bridgehead atoms. The second-order valence-corrected chi connectivity index (χ2v) is 7.23. The van der Waals surface area contributed by atoms with E-state index >= 15 is 0 Å². The summed E-state index contributed by atoms with van der Waals surface area (Å²) in [6, 6.07) is 0. The van der Waals surface area contributed by atoms with Gasteiger partial charge < -0.3 is 13.9 Å². The van der Waals surface area contributed by atoms with Crippen molar-refractivity contribution in [3.05, 3.63) is 36.4 Å². The first-order valence-corrected chi connectivity index (χ1v) is 10.3. The van der Waals surface area contributed by atoms with E-state index in [0.717, 1.165) is 24.7 Å². The van der Waals surface area contributed by atoms with Crippen molar-refractivity contribution in [2.24, 2.45) is 14.1 Å². The largest absolute Gasteiger partial charge is 0.362 e. The van der Waals surface area contributed by atoms with Crippen molar-refractivity contribution in [1.82, 2.24) is 19.1 Å². The summed E-state index contributed by atoms with van der Waals surface area (Å²) in [6.07, 6.45) is 20.7. The highest BCUT2D eigenvalue weighted by Gasteiger charge is 2.22. The summed E-state index contributed by atoms with van der Waals surface area (Å²) in [7, 11) is 4.00. The zero-order valence-electron chi connectivity index (χ0n) is 16.9. The third kappa shape index (κ3) is 6.60.